The largest absolute Gasteiger partial charge is 0.493 e. The minimum atomic E-state index is 0.0691. The van der Waals surface area contributed by atoms with Crippen LogP contribution in [0, 0.1) is 6.92 Å². The number of hydrogen-bond acceptors (Lipinski definition) is 4. The molecule has 1 aromatic rings. The summed E-state index contributed by atoms with van der Waals surface area (Å²) in [5.74, 6) is 1.56. The van der Waals surface area contributed by atoms with Crippen molar-refractivity contribution >= 4 is 0 Å². The van der Waals surface area contributed by atoms with Crippen molar-refractivity contribution in [2.24, 2.45) is 0 Å². The van der Waals surface area contributed by atoms with Crippen molar-refractivity contribution in [2.75, 3.05) is 40.5 Å². The second-order valence-electron chi connectivity index (χ2n) is 5.08. The molecule has 1 fully saturated rings. The van der Waals surface area contributed by atoms with E-state index in [0.717, 1.165) is 37.8 Å². The van der Waals surface area contributed by atoms with Gasteiger partial charge in [-0.05, 0) is 36.7 Å². The highest BCUT2D eigenvalue weighted by Crippen LogP contribution is 2.39. The first-order valence-corrected chi connectivity index (χ1v) is 6.68. The molecule has 0 atom stereocenters. The molecule has 4 heteroatoms. The van der Waals surface area contributed by atoms with Crippen molar-refractivity contribution in [3.8, 4) is 11.5 Å². The molecule has 1 aromatic carbocycles. The highest BCUT2D eigenvalue weighted by molar-refractivity contribution is 5.50. The fourth-order valence-electron chi connectivity index (χ4n) is 2.62. The molecule has 0 aliphatic carbocycles. The van der Waals surface area contributed by atoms with Gasteiger partial charge in [-0.3, -0.25) is 0 Å². The van der Waals surface area contributed by atoms with E-state index in [2.05, 4.69) is 25.2 Å². The standard InChI is InChI=1S/C15H23NO3/c1-5-16-8-15(9-19-10-15)12-7-14(18-4)13(17-3)6-11(12)2/h6-7,16H,5,8-10H2,1-4H3. The van der Waals surface area contributed by atoms with Crippen molar-refractivity contribution in [1.82, 2.24) is 5.32 Å². The van der Waals surface area contributed by atoms with E-state index in [9.17, 15) is 0 Å². The number of likely N-dealkylation sites (N-methyl/N-ethyl adjacent to an activating group) is 1. The molecule has 1 aliphatic rings. The number of hydrogen-bond donors (Lipinski definition) is 1. The first-order chi connectivity index (χ1) is 9.16. The van der Waals surface area contributed by atoms with Gasteiger partial charge < -0.3 is 19.5 Å². The average molecular weight is 265 g/mol. The zero-order chi connectivity index (χ0) is 13.9. The molecule has 1 aliphatic heterocycles. The van der Waals surface area contributed by atoms with E-state index < -0.39 is 0 Å². The Morgan fingerprint density at radius 1 is 1.21 bits per heavy atom. The Morgan fingerprint density at radius 2 is 1.84 bits per heavy atom. The van der Waals surface area contributed by atoms with E-state index in [0.29, 0.717) is 0 Å². The van der Waals surface area contributed by atoms with Crippen LogP contribution in [0.3, 0.4) is 0 Å². The smallest absolute Gasteiger partial charge is 0.161 e. The van der Waals surface area contributed by atoms with Crippen molar-refractivity contribution in [1.29, 1.82) is 0 Å². The maximum atomic E-state index is 5.46. The quantitative estimate of drug-likeness (QED) is 0.852. The van der Waals surface area contributed by atoms with Crippen LogP contribution in [0.1, 0.15) is 18.1 Å². The third-order valence-electron chi connectivity index (χ3n) is 3.77. The van der Waals surface area contributed by atoms with Gasteiger partial charge in [-0.15, -0.1) is 0 Å². The molecular weight excluding hydrogens is 242 g/mol. The molecule has 1 saturated heterocycles. The van der Waals surface area contributed by atoms with Gasteiger partial charge in [-0.2, -0.15) is 0 Å². The van der Waals surface area contributed by atoms with Gasteiger partial charge >= 0.3 is 0 Å². The number of nitrogens with one attached hydrogen (secondary N) is 1. The van der Waals surface area contributed by atoms with Gasteiger partial charge in [0, 0.05) is 6.54 Å². The Labute approximate surface area is 115 Å². The first-order valence-electron chi connectivity index (χ1n) is 6.68. The van der Waals surface area contributed by atoms with Gasteiger partial charge in [0.2, 0.25) is 0 Å². The Kier molecular flexibility index (Phi) is 4.32. The highest BCUT2D eigenvalue weighted by atomic mass is 16.5. The minimum absolute atomic E-state index is 0.0691. The molecule has 2 rings (SSSR count). The molecule has 0 spiro atoms. The zero-order valence-electron chi connectivity index (χ0n) is 12.2. The van der Waals surface area contributed by atoms with E-state index in [1.807, 2.05) is 6.07 Å². The SMILES string of the molecule is CCNCC1(c2cc(OC)c(OC)cc2C)COC1. The lowest BCUT2D eigenvalue weighted by Gasteiger charge is -2.43. The normalized spacial score (nSPS) is 16.8. The van der Waals surface area contributed by atoms with Crippen molar-refractivity contribution in [3.05, 3.63) is 23.3 Å². The monoisotopic (exact) mass is 265 g/mol. The molecular formula is C15H23NO3. The average Bonchev–Trinajstić information content (AvgIpc) is 2.38. The van der Waals surface area contributed by atoms with Crippen molar-refractivity contribution in [2.45, 2.75) is 19.3 Å². The lowest BCUT2D eigenvalue weighted by atomic mass is 9.76. The van der Waals surface area contributed by atoms with E-state index in [1.165, 1.54) is 11.1 Å². The number of ether oxygens (including phenoxy) is 3. The van der Waals surface area contributed by atoms with Crippen LogP contribution in [0.5, 0.6) is 11.5 Å². The molecule has 0 aromatic heterocycles. The summed E-state index contributed by atoms with van der Waals surface area (Å²) in [4.78, 5) is 0. The maximum absolute atomic E-state index is 5.46. The van der Waals surface area contributed by atoms with Crippen LogP contribution < -0.4 is 14.8 Å². The third-order valence-corrected chi connectivity index (χ3v) is 3.77. The van der Waals surface area contributed by atoms with Gasteiger partial charge in [0.25, 0.3) is 0 Å². The van der Waals surface area contributed by atoms with E-state index in [4.69, 9.17) is 14.2 Å². The van der Waals surface area contributed by atoms with E-state index in [1.54, 1.807) is 14.2 Å². The molecule has 4 nitrogen and oxygen atoms in total. The fourth-order valence-corrected chi connectivity index (χ4v) is 2.62. The van der Waals surface area contributed by atoms with Crippen LogP contribution in [0.4, 0.5) is 0 Å². The Balaban J connectivity index is 2.37. The zero-order valence-corrected chi connectivity index (χ0v) is 12.2. The van der Waals surface area contributed by atoms with Crippen LogP contribution in [0.25, 0.3) is 0 Å². The molecule has 1 heterocycles. The number of methoxy groups -OCH3 is 2. The summed E-state index contributed by atoms with van der Waals surface area (Å²) in [7, 11) is 3.34. The summed E-state index contributed by atoms with van der Waals surface area (Å²) in [6, 6.07) is 4.13. The predicted octanol–water partition coefficient (Wildman–Crippen LogP) is 1.89. The number of rotatable bonds is 6. The minimum Gasteiger partial charge on any atom is -0.493 e. The summed E-state index contributed by atoms with van der Waals surface area (Å²) >= 11 is 0. The van der Waals surface area contributed by atoms with Gasteiger partial charge in [-0.1, -0.05) is 6.92 Å². The molecule has 0 saturated carbocycles. The number of benzene rings is 1. The Hall–Kier alpha value is -1.26. The maximum Gasteiger partial charge on any atom is 0.161 e. The second-order valence-corrected chi connectivity index (χ2v) is 5.08. The van der Waals surface area contributed by atoms with Gasteiger partial charge in [0.05, 0.1) is 32.8 Å². The lowest BCUT2D eigenvalue weighted by molar-refractivity contribution is -0.0591. The summed E-state index contributed by atoms with van der Waals surface area (Å²) in [6.07, 6.45) is 0. The van der Waals surface area contributed by atoms with E-state index >= 15 is 0 Å². The molecule has 0 radical (unpaired) electrons. The molecule has 0 amide bonds. The van der Waals surface area contributed by atoms with E-state index in [-0.39, 0.29) is 5.41 Å². The van der Waals surface area contributed by atoms with Gasteiger partial charge in [-0.25, -0.2) is 0 Å². The van der Waals surface area contributed by atoms with Crippen molar-refractivity contribution < 1.29 is 14.2 Å². The second kappa shape index (κ2) is 5.80. The first kappa shape index (κ1) is 14.2. The van der Waals surface area contributed by atoms with Crippen molar-refractivity contribution in [3.63, 3.8) is 0 Å². The molecule has 0 unspecified atom stereocenters. The van der Waals surface area contributed by atoms with Gasteiger partial charge in [0.1, 0.15) is 0 Å². The highest BCUT2D eigenvalue weighted by Gasteiger charge is 2.41. The summed E-state index contributed by atoms with van der Waals surface area (Å²) in [6.45, 7) is 7.65. The van der Waals surface area contributed by atoms with Crippen LogP contribution in [-0.2, 0) is 10.2 Å². The topological polar surface area (TPSA) is 39.7 Å². The molecule has 106 valence electrons. The summed E-state index contributed by atoms with van der Waals surface area (Å²) in [5.41, 5.74) is 2.58. The van der Waals surface area contributed by atoms with Crippen LogP contribution in [0.15, 0.2) is 12.1 Å². The lowest BCUT2D eigenvalue weighted by Crippen LogP contribution is -2.53. The van der Waals surface area contributed by atoms with Crippen LogP contribution in [-0.4, -0.2) is 40.5 Å². The predicted molar refractivity (Wildman–Crippen MR) is 75.3 cm³/mol. The molecule has 19 heavy (non-hydrogen) atoms. The van der Waals surface area contributed by atoms with Crippen LogP contribution >= 0.6 is 0 Å². The molecule has 1 N–H and O–H groups in total. The van der Waals surface area contributed by atoms with Gasteiger partial charge in [0.15, 0.2) is 11.5 Å². The molecule has 0 bridgehead atoms. The Bertz CT molecular complexity index is 441. The fraction of sp³-hybridized carbons (Fsp3) is 0.600. The number of aryl methyl sites for hydroxylation is 1. The summed E-state index contributed by atoms with van der Waals surface area (Å²) < 4.78 is 16.2. The third kappa shape index (κ3) is 2.55. The Morgan fingerprint density at radius 3 is 2.32 bits per heavy atom. The van der Waals surface area contributed by atoms with Crippen LogP contribution in [0.2, 0.25) is 0 Å². The summed E-state index contributed by atoms with van der Waals surface area (Å²) in [5, 5.41) is 3.43.